The lowest BCUT2D eigenvalue weighted by Crippen LogP contribution is -2.35. The molecule has 0 unspecified atom stereocenters. The molecule has 0 aliphatic carbocycles. The summed E-state index contributed by atoms with van der Waals surface area (Å²) in [6, 6.07) is 7.71. The second kappa shape index (κ2) is 7.31. The maximum absolute atomic E-state index is 14.9. The SMILES string of the molecule is CCOC(=O)c1cc2cc(F)c(-c3nccc(-c4cc5n(n4)CCNC5=O)n3)cc2[nH]1. The Morgan fingerprint density at radius 3 is 2.94 bits per heavy atom. The first-order valence-electron chi connectivity index (χ1n) is 9.72. The summed E-state index contributed by atoms with van der Waals surface area (Å²) in [5.41, 5.74) is 2.40. The number of amides is 1. The first kappa shape index (κ1) is 18.9. The number of benzene rings is 1. The number of ether oxygens (including phenoxy) is 1. The van der Waals surface area contributed by atoms with Gasteiger partial charge in [-0.3, -0.25) is 9.48 Å². The highest BCUT2D eigenvalue weighted by Gasteiger charge is 2.21. The Bertz CT molecular complexity index is 1340. The summed E-state index contributed by atoms with van der Waals surface area (Å²) in [5, 5.41) is 7.73. The molecule has 1 aliphatic rings. The van der Waals surface area contributed by atoms with Crippen molar-refractivity contribution in [1.29, 1.82) is 0 Å². The molecule has 1 aliphatic heterocycles. The predicted octanol–water partition coefficient (Wildman–Crippen LogP) is 2.55. The molecule has 0 fully saturated rings. The van der Waals surface area contributed by atoms with Gasteiger partial charge >= 0.3 is 5.97 Å². The number of hydrogen-bond acceptors (Lipinski definition) is 6. The largest absolute Gasteiger partial charge is 0.461 e. The van der Waals surface area contributed by atoms with E-state index in [2.05, 4.69) is 25.4 Å². The summed E-state index contributed by atoms with van der Waals surface area (Å²) in [7, 11) is 0. The Labute approximate surface area is 175 Å². The zero-order chi connectivity index (χ0) is 21.5. The average molecular weight is 420 g/mol. The summed E-state index contributed by atoms with van der Waals surface area (Å²) in [5.74, 6) is -1.06. The van der Waals surface area contributed by atoms with Gasteiger partial charge in [0.1, 0.15) is 22.9 Å². The van der Waals surface area contributed by atoms with Crippen LogP contribution in [0.1, 0.15) is 27.9 Å². The van der Waals surface area contributed by atoms with E-state index in [4.69, 9.17) is 4.74 Å². The highest BCUT2D eigenvalue weighted by Crippen LogP contribution is 2.28. The summed E-state index contributed by atoms with van der Waals surface area (Å²) in [4.78, 5) is 35.5. The third-order valence-corrected chi connectivity index (χ3v) is 4.98. The number of esters is 1. The van der Waals surface area contributed by atoms with Crippen LogP contribution in [0.3, 0.4) is 0 Å². The molecule has 4 aromatic rings. The van der Waals surface area contributed by atoms with Crippen molar-refractivity contribution in [3.63, 3.8) is 0 Å². The summed E-state index contributed by atoms with van der Waals surface area (Å²) >= 11 is 0. The predicted molar refractivity (Wildman–Crippen MR) is 109 cm³/mol. The first-order valence-corrected chi connectivity index (χ1v) is 9.72. The summed E-state index contributed by atoms with van der Waals surface area (Å²) in [6.07, 6.45) is 1.51. The molecule has 0 saturated heterocycles. The van der Waals surface area contributed by atoms with Gasteiger partial charge in [0, 0.05) is 23.6 Å². The first-order chi connectivity index (χ1) is 15.0. The lowest BCUT2D eigenvalue weighted by Gasteiger charge is -2.13. The number of H-pyrrole nitrogens is 1. The maximum Gasteiger partial charge on any atom is 0.354 e. The summed E-state index contributed by atoms with van der Waals surface area (Å²) in [6.45, 7) is 3.04. The van der Waals surface area contributed by atoms with E-state index in [1.807, 2.05) is 0 Å². The Kier molecular flexibility index (Phi) is 4.46. The molecule has 0 atom stereocenters. The van der Waals surface area contributed by atoms with Gasteiger partial charge in [0.15, 0.2) is 5.82 Å². The van der Waals surface area contributed by atoms with Gasteiger partial charge in [-0.25, -0.2) is 19.2 Å². The number of aromatic nitrogens is 5. The van der Waals surface area contributed by atoms with Crippen molar-refractivity contribution in [2.24, 2.45) is 0 Å². The van der Waals surface area contributed by atoms with Crippen LogP contribution in [-0.4, -0.2) is 49.8 Å². The fourth-order valence-electron chi connectivity index (χ4n) is 3.54. The number of nitrogens with one attached hydrogen (secondary N) is 2. The number of carbonyl (C=O) groups excluding carboxylic acids is 2. The van der Waals surface area contributed by atoms with Crippen LogP contribution < -0.4 is 5.32 Å². The maximum atomic E-state index is 14.9. The number of carbonyl (C=O) groups is 2. The van der Waals surface area contributed by atoms with Gasteiger partial charge in [-0.15, -0.1) is 0 Å². The monoisotopic (exact) mass is 420 g/mol. The van der Waals surface area contributed by atoms with Crippen molar-refractivity contribution in [3.05, 3.63) is 53.7 Å². The van der Waals surface area contributed by atoms with Crippen LogP contribution in [0.15, 0.2) is 36.5 Å². The molecule has 10 heteroatoms. The Morgan fingerprint density at radius 1 is 1.26 bits per heavy atom. The van der Waals surface area contributed by atoms with E-state index in [-0.39, 0.29) is 29.6 Å². The van der Waals surface area contributed by atoms with Crippen molar-refractivity contribution in [3.8, 4) is 22.8 Å². The van der Waals surface area contributed by atoms with Gasteiger partial charge in [-0.2, -0.15) is 5.10 Å². The second-order valence-electron chi connectivity index (χ2n) is 6.98. The van der Waals surface area contributed by atoms with E-state index in [0.29, 0.717) is 41.1 Å². The number of fused-ring (bicyclic) bond motifs is 2. The zero-order valence-corrected chi connectivity index (χ0v) is 16.5. The molecular weight excluding hydrogens is 403 g/mol. The van der Waals surface area contributed by atoms with E-state index in [0.717, 1.165) is 0 Å². The van der Waals surface area contributed by atoms with Gasteiger partial charge < -0.3 is 15.0 Å². The quantitative estimate of drug-likeness (QED) is 0.491. The minimum Gasteiger partial charge on any atom is -0.461 e. The van der Waals surface area contributed by atoms with Crippen molar-refractivity contribution in [2.45, 2.75) is 13.5 Å². The van der Waals surface area contributed by atoms with Crippen LogP contribution in [0.25, 0.3) is 33.7 Å². The molecule has 156 valence electrons. The second-order valence-corrected chi connectivity index (χ2v) is 6.98. The van der Waals surface area contributed by atoms with Gasteiger partial charge in [-0.1, -0.05) is 0 Å². The van der Waals surface area contributed by atoms with Crippen LogP contribution in [0.4, 0.5) is 4.39 Å². The molecule has 0 saturated carbocycles. The van der Waals surface area contributed by atoms with Crippen molar-refractivity contribution in [1.82, 2.24) is 30.0 Å². The molecule has 5 rings (SSSR count). The minimum atomic E-state index is -0.525. The number of aromatic amines is 1. The van der Waals surface area contributed by atoms with E-state index in [1.54, 1.807) is 29.8 Å². The molecule has 0 bridgehead atoms. The zero-order valence-electron chi connectivity index (χ0n) is 16.5. The highest BCUT2D eigenvalue weighted by molar-refractivity contribution is 5.96. The molecule has 9 nitrogen and oxygen atoms in total. The standard InChI is InChI=1S/C21H17FN6O3/c1-2-31-21(30)17-8-11-7-13(22)12(9-15(11)25-17)19-23-4-3-14(26-19)16-10-18-20(29)24-5-6-28(18)27-16/h3-4,7-10,25H,2,5-6H2,1H3,(H,24,29). The smallest absolute Gasteiger partial charge is 0.354 e. The van der Waals surface area contributed by atoms with Crippen LogP contribution in [0, 0.1) is 5.82 Å². The lowest BCUT2D eigenvalue weighted by atomic mass is 10.1. The minimum absolute atomic E-state index is 0.166. The molecule has 3 aromatic heterocycles. The van der Waals surface area contributed by atoms with Crippen LogP contribution in [-0.2, 0) is 11.3 Å². The van der Waals surface area contributed by atoms with Crippen LogP contribution in [0.5, 0.6) is 0 Å². The molecule has 1 aromatic carbocycles. The molecule has 2 N–H and O–H groups in total. The topological polar surface area (TPSA) is 115 Å². The molecule has 0 spiro atoms. The number of hydrogen-bond donors (Lipinski definition) is 2. The Balaban J connectivity index is 1.54. The van der Waals surface area contributed by atoms with E-state index < -0.39 is 11.8 Å². The van der Waals surface area contributed by atoms with Crippen molar-refractivity contribution >= 4 is 22.8 Å². The average Bonchev–Trinajstić information content (AvgIpc) is 3.38. The molecule has 31 heavy (non-hydrogen) atoms. The molecule has 0 radical (unpaired) electrons. The number of halogens is 1. The van der Waals surface area contributed by atoms with Gasteiger partial charge in [0.25, 0.3) is 5.91 Å². The summed E-state index contributed by atoms with van der Waals surface area (Å²) < 4.78 is 21.5. The van der Waals surface area contributed by atoms with Gasteiger partial charge in [0.05, 0.1) is 24.4 Å². The number of rotatable bonds is 4. The van der Waals surface area contributed by atoms with Crippen molar-refractivity contribution < 1.29 is 18.7 Å². The van der Waals surface area contributed by atoms with Crippen molar-refractivity contribution in [2.75, 3.05) is 13.2 Å². The Morgan fingerprint density at radius 2 is 2.13 bits per heavy atom. The van der Waals surface area contributed by atoms with E-state index in [1.165, 1.54) is 18.3 Å². The van der Waals surface area contributed by atoms with Gasteiger partial charge in [-0.05, 0) is 37.3 Å². The van der Waals surface area contributed by atoms with E-state index >= 15 is 0 Å². The fourth-order valence-corrected chi connectivity index (χ4v) is 3.54. The number of nitrogens with zero attached hydrogens (tertiary/aromatic N) is 4. The molecular formula is C21H17FN6O3. The fraction of sp³-hybridized carbons (Fsp3) is 0.190. The van der Waals surface area contributed by atoms with E-state index in [9.17, 15) is 14.0 Å². The van der Waals surface area contributed by atoms with Crippen LogP contribution in [0.2, 0.25) is 0 Å². The molecule has 1 amide bonds. The molecule has 4 heterocycles. The Hall–Kier alpha value is -4.08. The normalized spacial score (nSPS) is 13.2. The van der Waals surface area contributed by atoms with Crippen LogP contribution >= 0.6 is 0 Å². The lowest BCUT2D eigenvalue weighted by molar-refractivity contribution is 0.0520. The third-order valence-electron chi connectivity index (χ3n) is 4.98. The van der Waals surface area contributed by atoms with Gasteiger partial charge in [0.2, 0.25) is 0 Å². The highest BCUT2D eigenvalue weighted by atomic mass is 19.1. The third kappa shape index (κ3) is 3.31.